The number of halogens is 3. The van der Waals surface area contributed by atoms with Crippen LogP contribution in [0.25, 0.3) is 0 Å². The molecule has 2 aromatic rings. The molecule has 2 aromatic heterocycles. The van der Waals surface area contributed by atoms with E-state index in [0.717, 1.165) is 6.07 Å². The molecule has 0 aromatic carbocycles. The first-order chi connectivity index (χ1) is 12.2. The number of likely N-dealkylation sites (N-methyl/N-ethyl adjacent to an activating group) is 1. The lowest BCUT2D eigenvalue weighted by molar-refractivity contribution is -0.143. The zero-order valence-electron chi connectivity index (χ0n) is 14.2. The van der Waals surface area contributed by atoms with E-state index in [4.69, 9.17) is 10.00 Å². The van der Waals surface area contributed by atoms with Gasteiger partial charge in [-0.3, -0.25) is 0 Å². The number of hydrogen-bond donors (Lipinski definition) is 1. The number of anilines is 2. The van der Waals surface area contributed by atoms with Gasteiger partial charge < -0.3 is 15.0 Å². The molecule has 0 saturated heterocycles. The Kier molecular flexibility index (Phi) is 5.89. The van der Waals surface area contributed by atoms with Crippen LogP contribution in [0.5, 0.6) is 5.75 Å². The number of alkyl halides is 3. The average molecular weight is 367 g/mol. The van der Waals surface area contributed by atoms with Crippen LogP contribution in [-0.4, -0.2) is 51.8 Å². The Morgan fingerprint density at radius 2 is 1.96 bits per heavy atom. The van der Waals surface area contributed by atoms with E-state index in [2.05, 4.69) is 25.5 Å². The summed E-state index contributed by atoms with van der Waals surface area (Å²) in [6.45, 7) is 2.07. The molecule has 0 unspecified atom stereocenters. The zero-order valence-corrected chi connectivity index (χ0v) is 14.2. The Hall–Kier alpha value is -3.00. The van der Waals surface area contributed by atoms with Crippen molar-refractivity contribution in [2.75, 3.05) is 26.0 Å². The van der Waals surface area contributed by atoms with Crippen LogP contribution in [-0.2, 0) is 6.18 Å². The van der Waals surface area contributed by atoms with E-state index in [0.29, 0.717) is 6.54 Å². The fraction of sp³-hybridized carbons (Fsp3) is 0.400. The van der Waals surface area contributed by atoms with Crippen LogP contribution in [0, 0.1) is 11.3 Å². The van der Waals surface area contributed by atoms with E-state index >= 15 is 0 Å². The third-order valence-corrected chi connectivity index (χ3v) is 3.00. The normalized spacial score (nSPS) is 12.5. The molecule has 2 rings (SSSR count). The van der Waals surface area contributed by atoms with Crippen molar-refractivity contribution in [1.82, 2.24) is 25.1 Å². The molecule has 1 N–H and O–H groups in total. The third kappa shape index (κ3) is 5.25. The smallest absolute Gasteiger partial charge is 0.438 e. The molecular weight excluding hydrogens is 351 g/mol. The maximum atomic E-state index is 13.1. The predicted octanol–water partition coefficient (Wildman–Crippen LogP) is 2.23. The van der Waals surface area contributed by atoms with Crippen LogP contribution < -0.4 is 10.1 Å². The maximum absolute atomic E-state index is 13.1. The van der Waals surface area contributed by atoms with Gasteiger partial charge in [-0.15, -0.1) is 10.2 Å². The lowest BCUT2D eigenvalue weighted by Crippen LogP contribution is -2.29. The summed E-state index contributed by atoms with van der Waals surface area (Å²) in [6, 6.07) is 2.91. The number of rotatable bonds is 6. The Labute approximate surface area is 147 Å². The molecule has 138 valence electrons. The predicted molar refractivity (Wildman–Crippen MR) is 85.7 cm³/mol. The Morgan fingerprint density at radius 3 is 2.50 bits per heavy atom. The standard InChI is InChI=1S/C15H16F3N7O/c1-9(8-25(2)3)26-11-4-12(23-24-14(11)15(16,17)18)22-13-7-20-10(5-19)6-21-13/h4,6-7,9H,8H2,1-3H3,(H,21,22,23)/t9-/m1/s1. The molecule has 2 heterocycles. The molecule has 0 aliphatic rings. The molecular formula is C15H16F3N7O. The second kappa shape index (κ2) is 7.92. The molecule has 0 bridgehead atoms. The molecule has 0 fully saturated rings. The molecule has 26 heavy (non-hydrogen) atoms. The van der Waals surface area contributed by atoms with Gasteiger partial charge in [-0.25, -0.2) is 9.97 Å². The van der Waals surface area contributed by atoms with E-state index in [-0.39, 0.29) is 17.3 Å². The molecule has 0 saturated carbocycles. The third-order valence-electron chi connectivity index (χ3n) is 3.00. The van der Waals surface area contributed by atoms with Crippen LogP contribution in [0.3, 0.4) is 0 Å². The van der Waals surface area contributed by atoms with Crippen LogP contribution in [0.15, 0.2) is 18.5 Å². The highest BCUT2D eigenvalue weighted by Crippen LogP contribution is 2.35. The lowest BCUT2D eigenvalue weighted by atomic mass is 10.3. The fourth-order valence-electron chi connectivity index (χ4n) is 2.07. The highest BCUT2D eigenvalue weighted by molar-refractivity contribution is 5.53. The molecule has 0 aliphatic carbocycles. The van der Waals surface area contributed by atoms with Gasteiger partial charge in [0.05, 0.1) is 12.4 Å². The molecule has 0 aliphatic heterocycles. The van der Waals surface area contributed by atoms with E-state index < -0.39 is 23.7 Å². The Morgan fingerprint density at radius 1 is 1.23 bits per heavy atom. The second-order valence-electron chi connectivity index (χ2n) is 5.65. The van der Waals surface area contributed by atoms with Gasteiger partial charge in [-0.05, 0) is 21.0 Å². The van der Waals surface area contributed by atoms with Gasteiger partial charge in [0.25, 0.3) is 0 Å². The Balaban J connectivity index is 2.28. The summed E-state index contributed by atoms with van der Waals surface area (Å²) in [7, 11) is 3.57. The van der Waals surface area contributed by atoms with Crippen molar-refractivity contribution >= 4 is 11.6 Å². The largest absolute Gasteiger partial charge is 0.487 e. The summed E-state index contributed by atoms with van der Waals surface area (Å²) in [5.41, 5.74) is -1.10. The molecule has 0 spiro atoms. The minimum atomic E-state index is -4.70. The van der Waals surface area contributed by atoms with E-state index in [1.165, 1.54) is 12.4 Å². The van der Waals surface area contributed by atoms with Crippen molar-refractivity contribution in [3.63, 3.8) is 0 Å². The van der Waals surface area contributed by atoms with Crippen molar-refractivity contribution in [2.45, 2.75) is 19.2 Å². The van der Waals surface area contributed by atoms with E-state index in [1.54, 1.807) is 25.9 Å². The van der Waals surface area contributed by atoms with Gasteiger partial charge in [0.15, 0.2) is 17.3 Å². The van der Waals surface area contributed by atoms with Gasteiger partial charge >= 0.3 is 6.18 Å². The number of nitrogens with zero attached hydrogens (tertiary/aromatic N) is 6. The summed E-state index contributed by atoms with van der Waals surface area (Å²) in [5, 5.41) is 18.1. The van der Waals surface area contributed by atoms with Crippen molar-refractivity contribution in [3.8, 4) is 11.8 Å². The maximum Gasteiger partial charge on any atom is 0.438 e. The Bertz CT molecular complexity index is 787. The quantitative estimate of drug-likeness (QED) is 0.830. The number of hydrogen-bond acceptors (Lipinski definition) is 8. The number of nitriles is 1. The first-order valence-electron chi connectivity index (χ1n) is 7.44. The first-order valence-corrected chi connectivity index (χ1v) is 7.44. The monoisotopic (exact) mass is 367 g/mol. The van der Waals surface area contributed by atoms with Crippen LogP contribution in [0.4, 0.5) is 24.8 Å². The van der Waals surface area contributed by atoms with Crippen molar-refractivity contribution in [3.05, 3.63) is 29.8 Å². The topological polar surface area (TPSA) is 99.8 Å². The van der Waals surface area contributed by atoms with Crippen LogP contribution in [0.1, 0.15) is 18.3 Å². The van der Waals surface area contributed by atoms with Gasteiger partial charge in [0.2, 0.25) is 5.69 Å². The van der Waals surface area contributed by atoms with E-state index in [1.807, 2.05) is 6.07 Å². The van der Waals surface area contributed by atoms with E-state index in [9.17, 15) is 13.2 Å². The SMILES string of the molecule is C[C@H](CN(C)C)Oc1cc(Nc2cnc(C#N)cn2)nnc1C(F)(F)F. The molecule has 11 heteroatoms. The van der Waals surface area contributed by atoms with Crippen molar-refractivity contribution < 1.29 is 17.9 Å². The van der Waals surface area contributed by atoms with Gasteiger partial charge in [-0.1, -0.05) is 0 Å². The lowest BCUT2D eigenvalue weighted by Gasteiger charge is -2.21. The number of ether oxygens (including phenoxy) is 1. The van der Waals surface area contributed by atoms with Gasteiger partial charge in [-0.2, -0.15) is 18.4 Å². The van der Waals surface area contributed by atoms with Gasteiger partial charge in [0, 0.05) is 12.6 Å². The minimum Gasteiger partial charge on any atom is -0.487 e. The van der Waals surface area contributed by atoms with Gasteiger partial charge in [0.1, 0.15) is 18.0 Å². The fourth-order valence-corrected chi connectivity index (χ4v) is 2.07. The highest BCUT2D eigenvalue weighted by atomic mass is 19.4. The van der Waals surface area contributed by atoms with Crippen LogP contribution >= 0.6 is 0 Å². The van der Waals surface area contributed by atoms with Crippen molar-refractivity contribution in [1.29, 1.82) is 5.26 Å². The zero-order chi connectivity index (χ0) is 19.3. The molecule has 0 amide bonds. The molecule has 1 atom stereocenters. The second-order valence-corrected chi connectivity index (χ2v) is 5.65. The average Bonchev–Trinajstić information content (AvgIpc) is 2.53. The summed E-state index contributed by atoms with van der Waals surface area (Å²) in [5.74, 6) is -0.236. The number of aromatic nitrogens is 4. The first kappa shape index (κ1) is 19.3. The van der Waals surface area contributed by atoms with Crippen LogP contribution in [0.2, 0.25) is 0 Å². The minimum absolute atomic E-state index is 0.00376. The summed E-state index contributed by atoms with van der Waals surface area (Å²) >= 11 is 0. The molecule has 8 nitrogen and oxygen atoms in total. The summed E-state index contributed by atoms with van der Waals surface area (Å²) in [4.78, 5) is 9.50. The van der Waals surface area contributed by atoms with Crippen molar-refractivity contribution in [2.24, 2.45) is 0 Å². The molecule has 0 radical (unpaired) electrons. The summed E-state index contributed by atoms with van der Waals surface area (Å²) < 4.78 is 44.8. The number of nitrogens with one attached hydrogen (secondary N) is 1. The highest BCUT2D eigenvalue weighted by Gasteiger charge is 2.38. The summed E-state index contributed by atoms with van der Waals surface area (Å²) in [6.07, 6.45) is -2.73.